The van der Waals surface area contributed by atoms with Crippen LogP contribution in [0.15, 0.2) is 107 Å². The number of aliphatic hydroxyl groups is 1. The quantitative estimate of drug-likeness (QED) is 0.119. The van der Waals surface area contributed by atoms with Crippen LogP contribution in [0.2, 0.25) is 0 Å². The molecular formula is C35H36BrN3O6. The lowest BCUT2D eigenvalue weighted by molar-refractivity contribution is -0.130. The first-order chi connectivity index (χ1) is 22.0. The number of nitrogens with one attached hydrogen (secondary N) is 2. The van der Waals surface area contributed by atoms with Crippen molar-refractivity contribution in [2.75, 3.05) is 27.4 Å². The first-order valence-electron chi connectivity index (χ1n) is 14.6. The van der Waals surface area contributed by atoms with Crippen LogP contribution in [0.3, 0.4) is 0 Å². The number of benzene rings is 4. The van der Waals surface area contributed by atoms with Gasteiger partial charge < -0.3 is 24.1 Å². The number of aliphatic imine (C=N–C) groups is 1. The molecule has 4 aromatic rings. The van der Waals surface area contributed by atoms with E-state index < -0.39 is 11.6 Å². The summed E-state index contributed by atoms with van der Waals surface area (Å²) in [7, 11) is 3.19. The maximum Gasteiger partial charge on any atom is 0.266 e. The number of methoxy groups -OCH3 is 2. The van der Waals surface area contributed by atoms with E-state index in [2.05, 4.69) is 26.8 Å². The molecule has 10 heteroatoms. The van der Waals surface area contributed by atoms with Gasteiger partial charge in [-0.2, -0.15) is 0 Å². The number of carbonyl (C=O) groups excluding carboxylic acids is 1. The van der Waals surface area contributed by atoms with Crippen molar-refractivity contribution in [3.05, 3.63) is 124 Å². The normalized spacial score (nSPS) is 17.2. The third kappa shape index (κ3) is 7.47. The average molecular weight is 675 g/mol. The highest BCUT2D eigenvalue weighted by atomic mass is 79.9. The molecule has 1 heterocycles. The smallest absolute Gasteiger partial charge is 0.266 e. The van der Waals surface area contributed by atoms with E-state index in [1.54, 1.807) is 20.3 Å². The summed E-state index contributed by atoms with van der Waals surface area (Å²) in [6.45, 7) is 0.773. The number of hydrogen-bond donors (Lipinski definition) is 3. The van der Waals surface area contributed by atoms with Crippen molar-refractivity contribution in [2.45, 2.75) is 31.0 Å². The standard InChI is InChI=1S/C35H36BrN3O6/c1-42-28-18-15-26(31(21-28)43-2)23-37-39-34(41)35(22-24-9-4-3-5-10-24)32(29-11-6-7-12-30(29)36)45-33(38-35)25-13-16-27(17-14-25)44-20-8-19-40/h3-7,9-18,21,32,37,40H,8,19-20,22-23H2,1-2H3,(H,39,41)/t32-,35-/m0/s1. The molecule has 0 unspecified atom stereocenters. The fourth-order valence-corrected chi connectivity index (χ4v) is 5.67. The Morgan fingerprint density at radius 2 is 1.69 bits per heavy atom. The Morgan fingerprint density at radius 1 is 0.956 bits per heavy atom. The van der Waals surface area contributed by atoms with E-state index in [1.165, 1.54) is 0 Å². The van der Waals surface area contributed by atoms with Gasteiger partial charge in [-0.1, -0.05) is 70.5 Å². The largest absolute Gasteiger partial charge is 0.497 e. The van der Waals surface area contributed by atoms with E-state index in [9.17, 15) is 4.79 Å². The predicted octanol–water partition coefficient (Wildman–Crippen LogP) is 5.55. The zero-order valence-electron chi connectivity index (χ0n) is 25.2. The number of hydrazine groups is 1. The van der Waals surface area contributed by atoms with Gasteiger partial charge in [0, 0.05) is 53.2 Å². The van der Waals surface area contributed by atoms with Crippen molar-refractivity contribution < 1.29 is 28.8 Å². The number of carbonyl (C=O) groups is 1. The van der Waals surface area contributed by atoms with Crippen LogP contribution in [-0.2, 0) is 22.5 Å². The van der Waals surface area contributed by atoms with Crippen LogP contribution in [0, 0.1) is 0 Å². The monoisotopic (exact) mass is 673 g/mol. The summed E-state index contributed by atoms with van der Waals surface area (Å²) in [4.78, 5) is 19.5. The van der Waals surface area contributed by atoms with Crippen molar-refractivity contribution in [1.82, 2.24) is 10.9 Å². The lowest BCUT2D eigenvalue weighted by Gasteiger charge is -2.31. The molecule has 45 heavy (non-hydrogen) atoms. The summed E-state index contributed by atoms with van der Waals surface area (Å²) in [5, 5.41) is 9.06. The Hall–Kier alpha value is -4.38. The first kappa shape index (κ1) is 32.0. The number of aliphatic hydroxyl groups excluding tert-OH is 1. The highest BCUT2D eigenvalue weighted by Gasteiger charge is 2.54. The topological polar surface area (TPSA) is 111 Å². The molecule has 1 amide bonds. The van der Waals surface area contributed by atoms with Crippen LogP contribution in [0.1, 0.15) is 34.8 Å². The minimum absolute atomic E-state index is 0.0627. The fourth-order valence-electron chi connectivity index (χ4n) is 5.18. The second kappa shape index (κ2) is 15.1. The summed E-state index contributed by atoms with van der Waals surface area (Å²) in [5.41, 5.74) is 7.92. The molecule has 0 saturated heterocycles. The molecule has 4 aromatic carbocycles. The number of ether oxygens (including phenoxy) is 4. The summed E-state index contributed by atoms with van der Waals surface area (Å²) < 4.78 is 24.0. The Balaban J connectivity index is 1.50. The molecule has 0 aromatic heterocycles. The molecule has 0 fully saturated rings. The molecule has 0 saturated carbocycles. The third-order valence-corrected chi connectivity index (χ3v) is 8.23. The van der Waals surface area contributed by atoms with Crippen molar-refractivity contribution in [2.24, 2.45) is 4.99 Å². The predicted molar refractivity (Wildman–Crippen MR) is 176 cm³/mol. The van der Waals surface area contributed by atoms with Gasteiger partial charge in [-0.25, -0.2) is 10.4 Å². The lowest BCUT2D eigenvalue weighted by atomic mass is 9.82. The zero-order valence-corrected chi connectivity index (χ0v) is 26.8. The maximum absolute atomic E-state index is 14.4. The lowest BCUT2D eigenvalue weighted by Crippen LogP contribution is -2.53. The molecule has 5 rings (SSSR count). The Kier molecular flexibility index (Phi) is 10.7. The van der Waals surface area contributed by atoms with E-state index in [0.717, 1.165) is 21.2 Å². The summed E-state index contributed by atoms with van der Waals surface area (Å²) >= 11 is 3.68. The summed E-state index contributed by atoms with van der Waals surface area (Å²) in [5.74, 6) is 1.97. The van der Waals surface area contributed by atoms with Gasteiger partial charge in [0.25, 0.3) is 5.91 Å². The van der Waals surface area contributed by atoms with Gasteiger partial charge in [0.15, 0.2) is 11.6 Å². The number of hydrogen-bond acceptors (Lipinski definition) is 8. The summed E-state index contributed by atoms with van der Waals surface area (Å²) in [6.07, 6.45) is 0.0771. The molecule has 0 bridgehead atoms. The van der Waals surface area contributed by atoms with Crippen molar-refractivity contribution in [1.29, 1.82) is 0 Å². The van der Waals surface area contributed by atoms with Crippen LogP contribution in [0.25, 0.3) is 0 Å². The van der Waals surface area contributed by atoms with Crippen LogP contribution in [-0.4, -0.2) is 49.9 Å². The minimum atomic E-state index is -1.37. The van der Waals surface area contributed by atoms with Crippen molar-refractivity contribution >= 4 is 27.7 Å². The number of rotatable bonds is 14. The molecule has 9 nitrogen and oxygen atoms in total. The summed E-state index contributed by atoms with van der Waals surface area (Å²) in [6, 6.07) is 30.4. The van der Waals surface area contributed by atoms with Gasteiger partial charge in [0.05, 0.1) is 20.8 Å². The fraction of sp³-hybridized carbons (Fsp3) is 0.257. The van der Waals surface area contributed by atoms with Gasteiger partial charge in [0.1, 0.15) is 17.2 Å². The van der Waals surface area contributed by atoms with Gasteiger partial charge in [-0.05, 0) is 42.0 Å². The van der Waals surface area contributed by atoms with Gasteiger partial charge in [-0.15, -0.1) is 0 Å². The number of nitrogens with zero attached hydrogens (tertiary/aromatic N) is 1. The second-order valence-electron chi connectivity index (χ2n) is 10.5. The van der Waals surface area contributed by atoms with Crippen LogP contribution in [0.5, 0.6) is 17.2 Å². The molecule has 0 radical (unpaired) electrons. The first-order valence-corrected chi connectivity index (χ1v) is 15.4. The minimum Gasteiger partial charge on any atom is -0.497 e. The Morgan fingerprint density at radius 3 is 2.40 bits per heavy atom. The molecule has 2 atom stereocenters. The highest BCUT2D eigenvalue weighted by Crippen LogP contribution is 2.44. The van der Waals surface area contributed by atoms with E-state index in [4.69, 9.17) is 29.0 Å². The Labute approximate surface area is 271 Å². The molecule has 1 aliphatic heterocycles. The van der Waals surface area contributed by atoms with Crippen LogP contribution in [0.4, 0.5) is 0 Å². The highest BCUT2D eigenvalue weighted by molar-refractivity contribution is 9.10. The number of amides is 1. The van der Waals surface area contributed by atoms with Gasteiger partial charge in [-0.3, -0.25) is 10.2 Å². The van der Waals surface area contributed by atoms with E-state index >= 15 is 0 Å². The van der Waals surface area contributed by atoms with Crippen LogP contribution >= 0.6 is 15.9 Å². The van der Waals surface area contributed by atoms with Gasteiger partial charge in [0.2, 0.25) is 5.90 Å². The molecule has 1 aliphatic rings. The molecule has 234 valence electrons. The van der Waals surface area contributed by atoms with Crippen LogP contribution < -0.4 is 25.1 Å². The molecule has 0 aliphatic carbocycles. The average Bonchev–Trinajstić information content (AvgIpc) is 3.45. The SMILES string of the molecule is COc1ccc(CNNC(=O)[C@@]2(Cc3ccccc3)N=C(c3ccc(OCCCO)cc3)O[C@H]2c2ccccc2Br)c(OC)c1. The maximum atomic E-state index is 14.4. The molecular weight excluding hydrogens is 638 g/mol. The molecule has 0 spiro atoms. The zero-order chi connectivity index (χ0) is 31.6. The van der Waals surface area contributed by atoms with E-state index in [-0.39, 0.29) is 18.9 Å². The number of halogens is 1. The van der Waals surface area contributed by atoms with E-state index in [0.29, 0.717) is 48.3 Å². The molecule has 3 N–H and O–H groups in total. The van der Waals surface area contributed by atoms with Crippen molar-refractivity contribution in [3.63, 3.8) is 0 Å². The second-order valence-corrected chi connectivity index (χ2v) is 11.3. The third-order valence-electron chi connectivity index (χ3n) is 7.51. The van der Waals surface area contributed by atoms with Crippen molar-refractivity contribution in [3.8, 4) is 17.2 Å². The van der Waals surface area contributed by atoms with Gasteiger partial charge >= 0.3 is 0 Å². The van der Waals surface area contributed by atoms with E-state index in [1.807, 2.05) is 91.0 Å². The Bertz CT molecular complexity index is 1620.